The first-order chi connectivity index (χ1) is 15.1. The van der Waals surface area contributed by atoms with Crippen LogP contribution in [-0.4, -0.2) is 61.3 Å². The van der Waals surface area contributed by atoms with Crippen molar-refractivity contribution in [1.29, 1.82) is 0 Å². The molecule has 0 bridgehead atoms. The van der Waals surface area contributed by atoms with Crippen molar-refractivity contribution in [1.82, 2.24) is 15.3 Å². The van der Waals surface area contributed by atoms with Crippen LogP contribution in [0, 0.1) is 5.92 Å². The molecule has 0 aromatic carbocycles. The van der Waals surface area contributed by atoms with E-state index < -0.39 is 6.10 Å². The number of anilines is 1. The van der Waals surface area contributed by atoms with Crippen molar-refractivity contribution in [2.24, 2.45) is 5.92 Å². The molecule has 2 N–H and O–H groups in total. The zero-order chi connectivity index (χ0) is 21.6. The Balaban J connectivity index is 1.49. The molecule has 2 aliphatic heterocycles. The highest BCUT2D eigenvalue weighted by Crippen LogP contribution is 2.33. The van der Waals surface area contributed by atoms with Gasteiger partial charge in [0.1, 0.15) is 11.9 Å². The highest BCUT2D eigenvalue weighted by molar-refractivity contribution is 6.36. The largest absolute Gasteiger partial charge is 0.381 e. The van der Waals surface area contributed by atoms with Crippen molar-refractivity contribution < 1.29 is 14.3 Å². The van der Waals surface area contributed by atoms with Gasteiger partial charge in [-0.25, -0.2) is 4.98 Å². The van der Waals surface area contributed by atoms with Crippen LogP contribution >= 0.6 is 23.2 Å². The van der Waals surface area contributed by atoms with Gasteiger partial charge in [0.05, 0.1) is 28.8 Å². The number of ketones is 1. The van der Waals surface area contributed by atoms with E-state index in [4.69, 9.17) is 37.7 Å². The van der Waals surface area contributed by atoms with Crippen LogP contribution in [0.1, 0.15) is 18.5 Å². The number of rotatable bonds is 7. The Bertz CT molecular complexity index is 916. The molecule has 0 radical (unpaired) electrons. The minimum atomic E-state index is -0.450. The monoisotopic (exact) mass is 464 g/mol. The van der Waals surface area contributed by atoms with E-state index in [-0.39, 0.29) is 12.2 Å². The molecule has 0 aliphatic carbocycles. The molecule has 4 rings (SSSR count). The molecule has 2 aromatic rings. The van der Waals surface area contributed by atoms with Crippen LogP contribution in [0.5, 0.6) is 0 Å². The van der Waals surface area contributed by atoms with Crippen molar-refractivity contribution in [2.75, 3.05) is 44.8 Å². The van der Waals surface area contributed by atoms with Gasteiger partial charge in [-0.2, -0.15) is 0 Å². The van der Waals surface area contributed by atoms with Crippen molar-refractivity contribution >= 4 is 34.8 Å². The van der Waals surface area contributed by atoms with E-state index in [1.165, 1.54) is 0 Å². The lowest BCUT2D eigenvalue weighted by atomic mass is 10.0. The number of morpholine rings is 1. The van der Waals surface area contributed by atoms with E-state index in [9.17, 15) is 4.79 Å². The Morgan fingerprint density at radius 3 is 2.81 bits per heavy atom. The second-order valence-corrected chi connectivity index (χ2v) is 8.64. The number of Topliss-reactive ketones (excluding diaryl/α,β-unsaturated/α-hetero) is 1. The second kappa shape index (κ2) is 10.7. The SMILES string of the molecule is O=C(Cc1cc(-c2nc(NCC3CCOCC3)ccc2Cl)c(Cl)cn1)C1CNCCO1. The molecule has 0 spiro atoms. The summed E-state index contributed by atoms with van der Waals surface area (Å²) in [6.07, 6.45) is 3.34. The fourth-order valence-corrected chi connectivity index (χ4v) is 4.15. The highest BCUT2D eigenvalue weighted by Gasteiger charge is 2.23. The molecule has 2 fully saturated rings. The van der Waals surface area contributed by atoms with Gasteiger partial charge in [0.2, 0.25) is 0 Å². The molecule has 0 amide bonds. The maximum Gasteiger partial charge on any atom is 0.168 e. The summed E-state index contributed by atoms with van der Waals surface area (Å²) in [7, 11) is 0. The Kier molecular flexibility index (Phi) is 7.74. The smallest absolute Gasteiger partial charge is 0.168 e. The Morgan fingerprint density at radius 2 is 2.03 bits per heavy atom. The Hall–Kier alpha value is -1.77. The average molecular weight is 465 g/mol. The lowest BCUT2D eigenvalue weighted by Crippen LogP contribution is -2.43. The van der Waals surface area contributed by atoms with Crippen LogP contribution < -0.4 is 10.6 Å². The average Bonchev–Trinajstić information content (AvgIpc) is 2.81. The number of nitrogens with zero attached hydrogens (tertiary/aromatic N) is 2. The molecule has 9 heteroatoms. The number of aromatic nitrogens is 2. The van der Waals surface area contributed by atoms with Gasteiger partial charge in [0, 0.05) is 50.3 Å². The first-order valence-corrected chi connectivity index (χ1v) is 11.3. The number of pyridine rings is 2. The normalized spacial score (nSPS) is 19.9. The second-order valence-electron chi connectivity index (χ2n) is 7.83. The number of hydrogen-bond donors (Lipinski definition) is 2. The molecule has 2 saturated heterocycles. The molecule has 2 aromatic heterocycles. The predicted octanol–water partition coefficient (Wildman–Crippen LogP) is 3.39. The summed E-state index contributed by atoms with van der Waals surface area (Å²) in [6, 6.07) is 5.45. The minimum absolute atomic E-state index is 0.0149. The standard InChI is InChI=1S/C22H26Cl2N4O3/c23-17-1-2-21(27-11-14-3-6-30-7-4-14)28-22(17)16-9-15(26-12-18(16)24)10-19(29)20-13-25-5-8-31-20/h1-2,9,12,14,20,25H,3-8,10-11,13H2,(H,27,28). The zero-order valence-corrected chi connectivity index (χ0v) is 18.7. The van der Waals surface area contributed by atoms with Gasteiger partial charge in [-0.15, -0.1) is 0 Å². The number of nitrogens with one attached hydrogen (secondary N) is 2. The zero-order valence-electron chi connectivity index (χ0n) is 17.2. The molecule has 166 valence electrons. The fourth-order valence-electron chi connectivity index (χ4n) is 3.75. The van der Waals surface area contributed by atoms with Crippen molar-refractivity contribution in [3.05, 3.63) is 40.1 Å². The third-order valence-electron chi connectivity index (χ3n) is 5.57. The van der Waals surface area contributed by atoms with Gasteiger partial charge >= 0.3 is 0 Å². The third kappa shape index (κ3) is 5.93. The Labute approximate surface area is 191 Å². The van der Waals surface area contributed by atoms with E-state index in [0.29, 0.717) is 46.1 Å². The summed E-state index contributed by atoms with van der Waals surface area (Å²) in [5, 5.41) is 7.49. The van der Waals surface area contributed by atoms with Gasteiger partial charge in [-0.3, -0.25) is 9.78 Å². The van der Waals surface area contributed by atoms with Gasteiger partial charge < -0.3 is 20.1 Å². The van der Waals surface area contributed by atoms with Gasteiger partial charge in [-0.05, 0) is 37.0 Å². The van der Waals surface area contributed by atoms with Crippen LogP contribution in [-0.2, 0) is 20.7 Å². The molecular weight excluding hydrogens is 439 g/mol. The highest BCUT2D eigenvalue weighted by atomic mass is 35.5. The van der Waals surface area contributed by atoms with E-state index >= 15 is 0 Å². The first-order valence-electron chi connectivity index (χ1n) is 10.6. The van der Waals surface area contributed by atoms with Gasteiger partial charge in [0.15, 0.2) is 5.78 Å². The summed E-state index contributed by atoms with van der Waals surface area (Å²) in [5.41, 5.74) is 1.83. The topological polar surface area (TPSA) is 85.4 Å². The molecule has 2 aliphatic rings. The summed E-state index contributed by atoms with van der Waals surface area (Å²) < 4.78 is 11.0. The third-order valence-corrected chi connectivity index (χ3v) is 6.17. The molecule has 0 saturated carbocycles. The number of hydrogen-bond acceptors (Lipinski definition) is 7. The van der Waals surface area contributed by atoms with Gasteiger partial charge in [0.25, 0.3) is 0 Å². The molecule has 4 heterocycles. The minimum Gasteiger partial charge on any atom is -0.381 e. The predicted molar refractivity (Wildman–Crippen MR) is 121 cm³/mol. The maximum absolute atomic E-state index is 12.6. The van der Waals surface area contributed by atoms with Crippen LogP contribution in [0.25, 0.3) is 11.3 Å². The molecule has 31 heavy (non-hydrogen) atoms. The van der Waals surface area contributed by atoms with Crippen LogP contribution in [0.4, 0.5) is 5.82 Å². The van der Waals surface area contributed by atoms with E-state index in [1.54, 1.807) is 18.3 Å². The molecular formula is C22H26Cl2N4O3. The number of halogens is 2. The van der Waals surface area contributed by atoms with Crippen molar-refractivity contribution in [2.45, 2.75) is 25.4 Å². The van der Waals surface area contributed by atoms with E-state index in [1.807, 2.05) is 6.07 Å². The maximum atomic E-state index is 12.6. The summed E-state index contributed by atoms with van der Waals surface area (Å²) in [4.78, 5) is 21.6. The van der Waals surface area contributed by atoms with E-state index in [2.05, 4.69) is 15.6 Å². The molecule has 1 atom stereocenters. The fraction of sp³-hybridized carbons (Fsp3) is 0.500. The lowest BCUT2D eigenvalue weighted by Gasteiger charge is -2.22. The number of carbonyl (C=O) groups is 1. The first kappa shape index (κ1) is 22.4. The molecule has 7 nitrogen and oxygen atoms in total. The number of carbonyl (C=O) groups excluding carboxylic acids is 1. The van der Waals surface area contributed by atoms with Crippen molar-refractivity contribution in [3.8, 4) is 11.3 Å². The summed E-state index contributed by atoms with van der Waals surface area (Å²) >= 11 is 12.9. The van der Waals surface area contributed by atoms with Crippen LogP contribution in [0.2, 0.25) is 10.0 Å². The van der Waals surface area contributed by atoms with Gasteiger partial charge in [-0.1, -0.05) is 23.2 Å². The lowest BCUT2D eigenvalue weighted by molar-refractivity contribution is -0.131. The quantitative estimate of drug-likeness (QED) is 0.649. The van der Waals surface area contributed by atoms with Crippen LogP contribution in [0.3, 0.4) is 0 Å². The van der Waals surface area contributed by atoms with E-state index in [0.717, 1.165) is 45.0 Å². The van der Waals surface area contributed by atoms with Crippen LogP contribution in [0.15, 0.2) is 24.4 Å². The number of ether oxygens (including phenoxy) is 2. The van der Waals surface area contributed by atoms with Crippen molar-refractivity contribution in [3.63, 3.8) is 0 Å². The Morgan fingerprint density at radius 1 is 1.19 bits per heavy atom. The summed E-state index contributed by atoms with van der Waals surface area (Å²) in [6.45, 7) is 4.26. The molecule has 1 unspecified atom stereocenters. The summed E-state index contributed by atoms with van der Waals surface area (Å²) in [5.74, 6) is 1.28.